The van der Waals surface area contributed by atoms with E-state index in [2.05, 4.69) is 53.7 Å². The summed E-state index contributed by atoms with van der Waals surface area (Å²) in [6.45, 7) is 4.90. The Morgan fingerprint density at radius 3 is 2.55 bits per heavy atom. The van der Waals surface area contributed by atoms with Crippen LogP contribution in [0.1, 0.15) is 42.8 Å². The third-order valence-electron chi connectivity index (χ3n) is 4.01. The van der Waals surface area contributed by atoms with Crippen molar-refractivity contribution in [2.45, 2.75) is 39.3 Å². The van der Waals surface area contributed by atoms with Crippen LogP contribution in [0.5, 0.6) is 0 Å². The minimum atomic E-state index is -0.511. The second kappa shape index (κ2) is 6.32. The van der Waals surface area contributed by atoms with Crippen molar-refractivity contribution < 1.29 is 5.11 Å². The third-order valence-corrected chi connectivity index (χ3v) is 4.01. The zero-order valence-electron chi connectivity index (χ0n) is 13.2. The highest BCUT2D eigenvalue weighted by Crippen LogP contribution is 2.24. The van der Waals surface area contributed by atoms with Crippen molar-refractivity contribution in [2.24, 2.45) is 0 Å². The number of nitrogens with zero attached hydrogens (tertiary/aromatic N) is 2. The second-order valence-corrected chi connectivity index (χ2v) is 5.83. The normalized spacial score (nSPS) is 12.7. The summed E-state index contributed by atoms with van der Waals surface area (Å²) in [5.74, 6) is 0.767. The van der Waals surface area contributed by atoms with Gasteiger partial charge in [-0.05, 0) is 31.0 Å². The molecule has 3 nitrogen and oxygen atoms in total. The van der Waals surface area contributed by atoms with E-state index < -0.39 is 6.10 Å². The summed E-state index contributed by atoms with van der Waals surface area (Å²) in [6.07, 6.45) is 1.16. The maximum Gasteiger partial charge on any atom is 0.139 e. The molecule has 0 aliphatic carbocycles. The average Bonchev–Trinajstić information content (AvgIpc) is 2.89. The molecule has 0 unspecified atom stereocenters. The zero-order valence-corrected chi connectivity index (χ0v) is 13.2. The molecule has 22 heavy (non-hydrogen) atoms. The Hall–Kier alpha value is -2.13. The molecule has 1 aromatic heterocycles. The van der Waals surface area contributed by atoms with Crippen LogP contribution in [0.15, 0.2) is 48.5 Å². The first-order valence-electron chi connectivity index (χ1n) is 7.88. The minimum absolute atomic E-state index is 0.511. The molecule has 0 fully saturated rings. The Bertz CT molecular complexity index is 759. The van der Waals surface area contributed by atoms with E-state index in [1.807, 2.05) is 18.2 Å². The first-order valence-corrected chi connectivity index (χ1v) is 7.88. The molecule has 3 aromatic rings. The van der Waals surface area contributed by atoms with Crippen LogP contribution in [0, 0.1) is 6.92 Å². The molecule has 1 atom stereocenters. The first-order chi connectivity index (χ1) is 10.7. The topological polar surface area (TPSA) is 38.1 Å². The van der Waals surface area contributed by atoms with E-state index in [0.717, 1.165) is 36.2 Å². The van der Waals surface area contributed by atoms with Crippen molar-refractivity contribution in [3.05, 3.63) is 65.5 Å². The van der Waals surface area contributed by atoms with Crippen molar-refractivity contribution in [1.82, 2.24) is 9.55 Å². The zero-order chi connectivity index (χ0) is 15.5. The molecule has 3 rings (SSSR count). The fraction of sp³-hybridized carbons (Fsp3) is 0.316. The number of imidazole rings is 1. The smallest absolute Gasteiger partial charge is 0.139 e. The molecule has 3 heteroatoms. The number of hydrogen-bond donors (Lipinski definition) is 1. The van der Waals surface area contributed by atoms with Gasteiger partial charge in [-0.3, -0.25) is 0 Å². The van der Waals surface area contributed by atoms with E-state index in [1.54, 1.807) is 0 Å². The second-order valence-electron chi connectivity index (χ2n) is 5.83. The van der Waals surface area contributed by atoms with Crippen molar-refractivity contribution in [3.8, 4) is 0 Å². The Balaban J connectivity index is 2.05. The lowest BCUT2D eigenvalue weighted by Crippen LogP contribution is -2.10. The van der Waals surface area contributed by atoms with Gasteiger partial charge in [0.15, 0.2) is 0 Å². The van der Waals surface area contributed by atoms with Gasteiger partial charge in [0, 0.05) is 6.54 Å². The molecule has 0 saturated carbocycles. The van der Waals surface area contributed by atoms with Gasteiger partial charge < -0.3 is 9.67 Å². The number of aryl methyl sites for hydroxylation is 1. The van der Waals surface area contributed by atoms with E-state index in [4.69, 9.17) is 0 Å². The van der Waals surface area contributed by atoms with E-state index >= 15 is 0 Å². The molecule has 0 radical (unpaired) electrons. The average molecular weight is 294 g/mol. The molecule has 1 heterocycles. The van der Waals surface area contributed by atoms with Gasteiger partial charge in [0.05, 0.1) is 11.0 Å². The van der Waals surface area contributed by atoms with Crippen LogP contribution in [0.4, 0.5) is 0 Å². The third kappa shape index (κ3) is 2.90. The SMILES string of the molecule is CCC[C@@H](O)c1nc2ccccc2n1Cc1ccc(C)cc1. The van der Waals surface area contributed by atoms with Crippen LogP contribution >= 0.6 is 0 Å². The Morgan fingerprint density at radius 1 is 1.09 bits per heavy atom. The molecule has 0 aliphatic rings. The van der Waals surface area contributed by atoms with Gasteiger partial charge >= 0.3 is 0 Å². The van der Waals surface area contributed by atoms with Gasteiger partial charge in [-0.15, -0.1) is 0 Å². The van der Waals surface area contributed by atoms with Gasteiger partial charge in [-0.1, -0.05) is 55.3 Å². The van der Waals surface area contributed by atoms with Crippen molar-refractivity contribution in [2.75, 3.05) is 0 Å². The van der Waals surface area contributed by atoms with Crippen LogP contribution in [0.2, 0.25) is 0 Å². The summed E-state index contributed by atoms with van der Waals surface area (Å²) in [5, 5.41) is 10.4. The highest BCUT2D eigenvalue weighted by Gasteiger charge is 2.17. The molecule has 1 N–H and O–H groups in total. The van der Waals surface area contributed by atoms with Crippen LogP contribution in [0.3, 0.4) is 0 Å². The Kier molecular flexibility index (Phi) is 4.25. The molecule has 0 spiro atoms. The van der Waals surface area contributed by atoms with E-state index in [0.29, 0.717) is 0 Å². The largest absolute Gasteiger partial charge is 0.385 e. The maximum absolute atomic E-state index is 10.4. The summed E-state index contributed by atoms with van der Waals surface area (Å²) >= 11 is 0. The lowest BCUT2D eigenvalue weighted by atomic mass is 10.1. The number of para-hydroxylation sites is 2. The number of aliphatic hydroxyl groups is 1. The van der Waals surface area contributed by atoms with Crippen LogP contribution < -0.4 is 0 Å². The predicted octanol–water partition coefficient (Wildman–Crippen LogP) is 4.23. The lowest BCUT2D eigenvalue weighted by Gasteiger charge is -2.13. The monoisotopic (exact) mass is 294 g/mol. The summed E-state index contributed by atoms with van der Waals surface area (Å²) in [6, 6.07) is 16.6. The van der Waals surface area contributed by atoms with E-state index in [-0.39, 0.29) is 0 Å². The maximum atomic E-state index is 10.4. The molecular weight excluding hydrogens is 272 g/mol. The van der Waals surface area contributed by atoms with E-state index in [1.165, 1.54) is 11.1 Å². The van der Waals surface area contributed by atoms with Crippen molar-refractivity contribution >= 4 is 11.0 Å². The minimum Gasteiger partial charge on any atom is -0.385 e. The van der Waals surface area contributed by atoms with Crippen LogP contribution in [0.25, 0.3) is 11.0 Å². The fourth-order valence-corrected chi connectivity index (χ4v) is 2.79. The van der Waals surface area contributed by atoms with Crippen molar-refractivity contribution in [3.63, 3.8) is 0 Å². The first kappa shape index (κ1) is 14.8. The van der Waals surface area contributed by atoms with Crippen LogP contribution in [-0.2, 0) is 6.54 Å². The molecule has 0 bridgehead atoms. The summed E-state index contributed by atoms with van der Waals surface area (Å²) < 4.78 is 2.14. The number of fused-ring (bicyclic) bond motifs is 1. The molecule has 0 amide bonds. The predicted molar refractivity (Wildman–Crippen MR) is 89.9 cm³/mol. The van der Waals surface area contributed by atoms with E-state index in [9.17, 15) is 5.11 Å². The summed E-state index contributed by atoms with van der Waals surface area (Å²) in [7, 11) is 0. The highest BCUT2D eigenvalue weighted by molar-refractivity contribution is 5.76. The number of rotatable bonds is 5. The van der Waals surface area contributed by atoms with Crippen LogP contribution in [-0.4, -0.2) is 14.7 Å². The van der Waals surface area contributed by atoms with Gasteiger partial charge in [0.2, 0.25) is 0 Å². The highest BCUT2D eigenvalue weighted by atomic mass is 16.3. The number of aromatic nitrogens is 2. The Morgan fingerprint density at radius 2 is 1.82 bits per heavy atom. The van der Waals surface area contributed by atoms with Crippen molar-refractivity contribution in [1.29, 1.82) is 0 Å². The molecule has 114 valence electrons. The summed E-state index contributed by atoms with van der Waals surface area (Å²) in [4.78, 5) is 4.66. The lowest BCUT2D eigenvalue weighted by molar-refractivity contribution is 0.153. The fourth-order valence-electron chi connectivity index (χ4n) is 2.79. The number of benzene rings is 2. The molecule has 0 saturated heterocycles. The Labute approximate surface area is 131 Å². The van der Waals surface area contributed by atoms with Gasteiger partial charge in [-0.25, -0.2) is 4.98 Å². The van der Waals surface area contributed by atoms with Gasteiger partial charge in [0.1, 0.15) is 11.9 Å². The molecule has 2 aromatic carbocycles. The number of aliphatic hydroxyl groups excluding tert-OH is 1. The molecule has 0 aliphatic heterocycles. The molecular formula is C19H22N2O. The number of hydrogen-bond acceptors (Lipinski definition) is 2. The standard InChI is InChI=1S/C19H22N2O/c1-3-6-18(22)19-20-16-7-4-5-8-17(16)21(19)13-15-11-9-14(2)10-12-15/h4-5,7-12,18,22H,3,6,13H2,1-2H3/t18-/m1/s1. The van der Waals surface area contributed by atoms with Gasteiger partial charge in [0.25, 0.3) is 0 Å². The quantitative estimate of drug-likeness (QED) is 0.765. The van der Waals surface area contributed by atoms with Gasteiger partial charge in [-0.2, -0.15) is 0 Å². The summed E-state index contributed by atoms with van der Waals surface area (Å²) in [5.41, 5.74) is 4.50.